The molecule has 0 radical (unpaired) electrons. The number of hydrogen-bond donors (Lipinski definition) is 0. The van der Waals surface area contributed by atoms with Gasteiger partial charge in [-0.1, -0.05) is 26.3 Å². The summed E-state index contributed by atoms with van der Waals surface area (Å²) in [6.07, 6.45) is 4.34. The minimum Gasteiger partial charge on any atom is -0.462 e. The van der Waals surface area contributed by atoms with Crippen LogP contribution in [0.1, 0.15) is 39.5 Å². The van der Waals surface area contributed by atoms with Crippen LogP contribution in [0.3, 0.4) is 0 Å². The zero-order chi connectivity index (χ0) is 20.8. The van der Waals surface area contributed by atoms with Crippen LogP contribution in [-0.4, -0.2) is 56.1 Å². The van der Waals surface area contributed by atoms with Gasteiger partial charge in [-0.25, -0.2) is 4.79 Å². The molecule has 0 aliphatic carbocycles. The van der Waals surface area contributed by atoms with Crippen molar-refractivity contribution >= 4 is 22.6 Å². The molecule has 160 valence electrons. The number of carbonyl (C=O) groups excluding carboxylic acids is 1. The summed E-state index contributed by atoms with van der Waals surface area (Å²) in [7, 11) is -1.83. The maximum absolute atomic E-state index is 11.5. The first-order valence-electron chi connectivity index (χ1n) is 10.3. The van der Waals surface area contributed by atoms with Crippen molar-refractivity contribution in [2.75, 3.05) is 33.5 Å². The van der Waals surface area contributed by atoms with Crippen molar-refractivity contribution in [2.45, 2.75) is 77.3 Å². The Labute approximate surface area is 169 Å². The third-order valence-corrected chi connectivity index (χ3v) is 13.1. The van der Waals surface area contributed by atoms with E-state index in [4.69, 9.17) is 18.3 Å². The number of unbranched alkanes of at least 4 members (excludes halogenated alkanes) is 1. The van der Waals surface area contributed by atoms with Crippen molar-refractivity contribution in [3.63, 3.8) is 0 Å². The molecule has 5 nitrogen and oxygen atoms in total. The minimum atomic E-state index is -1.78. The van der Waals surface area contributed by atoms with Crippen LogP contribution in [0.15, 0.2) is 12.2 Å². The molecule has 0 saturated carbocycles. The molecule has 0 bridgehead atoms. The van der Waals surface area contributed by atoms with Gasteiger partial charge in [0, 0.05) is 19.3 Å². The van der Waals surface area contributed by atoms with Crippen molar-refractivity contribution in [3.8, 4) is 0 Å². The number of ether oxygens (including phenoxy) is 3. The van der Waals surface area contributed by atoms with Crippen LogP contribution in [0, 0.1) is 0 Å². The number of carbonyl (C=O) groups is 1. The van der Waals surface area contributed by atoms with E-state index in [0.717, 1.165) is 31.5 Å². The van der Waals surface area contributed by atoms with Crippen molar-refractivity contribution in [3.05, 3.63) is 12.2 Å². The van der Waals surface area contributed by atoms with E-state index in [2.05, 4.69) is 33.1 Å². The highest BCUT2D eigenvalue weighted by Gasteiger charge is 2.35. The molecule has 0 fully saturated rings. The Morgan fingerprint density at radius 2 is 1.56 bits per heavy atom. The number of methoxy groups -OCH3 is 1. The first-order valence-corrected chi connectivity index (χ1v) is 16.2. The van der Waals surface area contributed by atoms with Crippen molar-refractivity contribution in [1.82, 2.24) is 0 Å². The third kappa shape index (κ3) is 14.2. The Balaban J connectivity index is 4.42. The first-order chi connectivity index (χ1) is 12.7. The zero-order valence-electron chi connectivity index (χ0n) is 18.5. The summed E-state index contributed by atoms with van der Waals surface area (Å²) < 4.78 is 22.7. The summed E-state index contributed by atoms with van der Waals surface area (Å²) in [4.78, 5) is 11.5. The lowest BCUT2D eigenvalue weighted by molar-refractivity contribution is -0.138. The molecule has 0 amide bonds. The van der Waals surface area contributed by atoms with Gasteiger partial charge in [-0.15, -0.1) is 0 Å². The van der Waals surface area contributed by atoms with E-state index in [1.54, 1.807) is 14.0 Å². The Kier molecular flexibility index (Phi) is 14.3. The van der Waals surface area contributed by atoms with Gasteiger partial charge < -0.3 is 18.3 Å². The molecule has 0 aliphatic rings. The van der Waals surface area contributed by atoms with Crippen LogP contribution in [0.4, 0.5) is 0 Å². The standard InChI is InChI=1S/C20H42O5Si2/c1-8-9-17-27(7,18-10-12-23-15-14-22-4)25-26(5,6)16-11-13-24-20(21)19(2)3/h2,8-18H2,1,3-7H3. The second kappa shape index (κ2) is 14.5. The highest BCUT2D eigenvalue weighted by Crippen LogP contribution is 2.28. The second-order valence-electron chi connectivity index (χ2n) is 8.14. The van der Waals surface area contributed by atoms with Gasteiger partial charge in [-0.05, 0) is 57.5 Å². The number of esters is 1. The van der Waals surface area contributed by atoms with Crippen LogP contribution in [-0.2, 0) is 23.1 Å². The SMILES string of the molecule is C=C(C)C(=O)OCCC[Si](C)(C)O[Si](C)(CCCC)CCCOCCOC. The molecule has 0 aromatic rings. The van der Waals surface area contributed by atoms with Crippen molar-refractivity contribution in [2.24, 2.45) is 0 Å². The molecule has 0 saturated heterocycles. The largest absolute Gasteiger partial charge is 0.462 e. The predicted molar refractivity (Wildman–Crippen MR) is 117 cm³/mol. The van der Waals surface area contributed by atoms with E-state index < -0.39 is 16.6 Å². The fraction of sp³-hybridized carbons (Fsp3) is 0.850. The number of rotatable bonds is 17. The molecule has 0 aromatic heterocycles. The van der Waals surface area contributed by atoms with Crippen LogP contribution in [0.2, 0.25) is 37.8 Å². The maximum Gasteiger partial charge on any atom is 0.333 e. The number of hydrogen-bond acceptors (Lipinski definition) is 5. The van der Waals surface area contributed by atoms with Crippen LogP contribution >= 0.6 is 0 Å². The summed E-state index contributed by atoms with van der Waals surface area (Å²) in [5, 5.41) is 0. The van der Waals surface area contributed by atoms with E-state index in [-0.39, 0.29) is 5.97 Å². The average molecular weight is 419 g/mol. The van der Waals surface area contributed by atoms with E-state index >= 15 is 0 Å². The van der Waals surface area contributed by atoms with Gasteiger partial charge in [-0.2, -0.15) is 0 Å². The lowest BCUT2D eigenvalue weighted by Crippen LogP contribution is -2.46. The molecule has 0 heterocycles. The molecule has 0 rings (SSSR count). The topological polar surface area (TPSA) is 54.0 Å². The molecule has 7 heteroatoms. The Hall–Kier alpha value is -0.476. The first kappa shape index (κ1) is 26.5. The fourth-order valence-electron chi connectivity index (χ4n) is 3.07. The van der Waals surface area contributed by atoms with E-state index in [1.807, 2.05) is 0 Å². The van der Waals surface area contributed by atoms with Crippen LogP contribution < -0.4 is 0 Å². The lowest BCUT2D eigenvalue weighted by Gasteiger charge is -2.37. The molecule has 0 N–H and O–H groups in total. The molecular weight excluding hydrogens is 376 g/mol. The highest BCUT2D eigenvalue weighted by molar-refractivity contribution is 6.85. The highest BCUT2D eigenvalue weighted by atomic mass is 28.4. The summed E-state index contributed by atoms with van der Waals surface area (Å²) in [5.74, 6) is -0.300. The normalized spacial score (nSPS) is 14.0. The van der Waals surface area contributed by atoms with Gasteiger partial charge >= 0.3 is 5.97 Å². The summed E-state index contributed by atoms with van der Waals surface area (Å²) >= 11 is 0. The Bertz CT molecular complexity index is 429. The summed E-state index contributed by atoms with van der Waals surface area (Å²) in [6, 6.07) is 3.36. The monoisotopic (exact) mass is 418 g/mol. The third-order valence-electron chi connectivity index (χ3n) is 4.51. The predicted octanol–water partition coefficient (Wildman–Crippen LogP) is 5.15. The van der Waals surface area contributed by atoms with Gasteiger partial charge in [0.1, 0.15) is 0 Å². The summed E-state index contributed by atoms with van der Waals surface area (Å²) in [6.45, 7) is 17.0. The molecule has 0 aliphatic heterocycles. The molecule has 1 unspecified atom stereocenters. The van der Waals surface area contributed by atoms with Gasteiger partial charge in [-0.3, -0.25) is 0 Å². The Morgan fingerprint density at radius 1 is 0.926 bits per heavy atom. The van der Waals surface area contributed by atoms with Gasteiger partial charge in [0.05, 0.1) is 19.8 Å². The van der Waals surface area contributed by atoms with E-state index in [0.29, 0.717) is 25.4 Å². The van der Waals surface area contributed by atoms with Gasteiger partial charge in [0.2, 0.25) is 0 Å². The van der Waals surface area contributed by atoms with Crippen molar-refractivity contribution < 1.29 is 23.1 Å². The summed E-state index contributed by atoms with van der Waals surface area (Å²) in [5.41, 5.74) is 0.454. The van der Waals surface area contributed by atoms with Crippen LogP contribution in [0.5, 0.6) is 0 Å². The zero-order valence-corrected chi connectivity index (χ0v) is 20.5. The lowest BCUT2D eigenvalue weighted by atomic mass is 10.4. The van der Waals surface area contributed by atoms with E-state index in [1.165, 1.54) is 18.9 Å². The molecular formula is C20H42O5Si2. The second-order valence-corrected chi connectivity index (χ2v) is 16.9. The quantitative estimate of drug-likeness (QED) is 0.142. The van der Waals surface area contributed by atoms with Crippen LogP contribution in [0.25, 0.3) is 0 Å². The smallest absolute Gasteiger partial charge is 0.333 e. The van der Waals surface area contributed by atoms with E-state index in [9.17, 15) is 4.79 Å². The fourth-order valence-corrected chi connectivity index (χ4v) is 12.9. The van der Waals surface area contributed by atoms with Crippen molar-refractivity contribution in [1.29, 1.82) is 0 Å². The van der Waals surface area contributed by atoms with Gasteiger partial charge in [0.25, 0.3) is 0 Å². The molecule has 27 heavy (non-hydrogen) atoms. The minimum absolute atomic E-state index is 0.300. The maximum atomic E-state index is 11.5. The molecule has 0 spiro atoms. The average Bonchev–Trinajstić information content (AvgIpc) is 2.59. The Morgan fingerprint density at radius 3 is 2.15 bits per heavy atom. The van der Waals surface area contributed by atoms with Gasteiger partial charge in [0.15, 0.2) is 16.6 Å². The molecule has 1 atom stereocenters. The molecule has 0 aromatic carbocycles.